The number of nitrogens with one attached hydrogen (secondary N) is 1. The first kappa shape index (κ1) is 15.3. The average molecular weight is 288 g/mol. The third kappa shape index (κ3) is 4.16. The summed E-state index contributed by atoms with van der Waals surface area (Å²) >= 11 is 0.784. The maximum Gasteiger partial charge on any atom is 0.285 e. The third-order valence-electron chi connectivity index (χ3n) is 2.27. The molecule has 1 rings (SSSR count). The summed E-state index contributed by atoms with van der Waals surface area (Å²) in [5.41, 5.74) is -1.45. The predicted octanol–water partition coefficient (Wildman–Crippen LogP) is -0.0429. The number of aromatic nitrogens is 1. The van der Waals surface area contributed by atoms with Gasteiger partial charge >= 0.3 is 0 Å². The topological polar surface area (TPSA) is 134 Å². The Morgan fingerprint density at radius 2 is 2.21 bits per heavy atom. The molecule has 0 aromatic carbocycles. The molecule has 0 fully saturated rings. The largest absolute Gasteiger partial charge is 0.389 e. The van der Waals surface area contributed by atoms with Crippen LogP contribution in [0.4, 0.5) is 5.69 Å². The molecule has 0 saturated carbocycles. The summed E-state index contributed by atoms with van der Waals surface area (Å²) in [6.45, 7) is 1.30. The Labute approximate surface area is 111 Å². The Hall–Kier alpha value is -1.71. The Bertz CT molecular complexity index is 543. The summed E-state index contributed by atoms with van der Waals surface area (Å²) in [6, 6.07) is 0.894. The monoisotopic (exact) mass is 288 g/mol. The van der Waals surface area contributed by atoms with E-state index < -0.39 is 28.4 Å². The van der Waals surface area contributed by atoms with Gasteiger partial charge in [0.2, 0.25) is 0 Å². The number of pyridine rings is 1. The molecule has 0 aliphatic heterocycles. The highest BCUT2D eigenvalue weighted by molar-refractivity contribution is 8.13. The van der Waals surface area contributed by atoms with Crippen LogP contribution in [0.1, 0.15) is 18.6 Å². The molecular formula is C10H12N2O6S. The van der Waals surface area contributed by atoms with Crippen molar-refractivity contribution < 1.29 is 19.9 Å². The van der Waals surface area contributed by atoms with Crippen LogP contribution in [-0.4, -0.2) is 37.1 Å². The number of H-pyrrole nitrogens is 1. The van der Waals surface area contributed by atoms with Gasteiger partial charge < -0.3 is 15.2 Å². The third-order valence-corrected chi connectivity index (χ3v) is 3.18. The van der Waals surface area contributed by atoms with E-state index in [1.165, 1.54) is 6.92 Å². The van der Waals surface area contributed by atoms with E-state index in [1.54, 1.807) is 0 Å². The molecular weight excluding hydrogens is 276 g/mol. The smallest absolute Gasteiger partial charge is 0.285 e. The van der Waals surface area contributed by atoms with Crippen molar-refractivity contribution in [3.63, 3.8) is 0 Å². The minimum absolute atomic E-state index is 0.112. The number of hydrogen-bond donors (Lipinski definition) is 3. The maximum atomic E-state index is 11.5. The minimum Gasteiger partial charge on any atom is -0.389 e. The molecule has 0 spiro atoms. The Morgan fingerprint density at radius 3 is 2.74 bits per heavy atom. The van der Waals surface area contributed by atoms with Gasteiger partial charge in [0.1, 0.15) is 6.10 Å². The quantitative estimate of drug-likeness (QED) is 0.511. The zero-order valence-electron chi connectivity index (χ0n) is 9.90. The minimum atomic E-state index is -1.60. The molecule has 3 N–H and O–H groups in total. The number of nitro groups is 1. The van der Waals surface area contributed by atoms with E-state index in [9.17, 15) is 29.9 Å². The second-order valence-electron chi connectivity index (χ2n) is 3.71. The van der Waals surface area contributed by atoms with Gasteiger partial charge in [-0.05, 0) is 0 Å². The fourth-order valence-corrected chi connectivity index (χ4v) is 1.90. The number of aromatic amines is 1. The number of carbonyl (C=O) groups is 1. The summed E-state index contributed by atoms with van der Waals surface area (Å²) in [4.78, 5) is 34.1. The van der Waals surface area contributed by atoms with Crippen LogP contribution in [0.25, 0.3) is 0 Å². The number of rotatable bonds is 5. The first-order chi connectivity index (χ1) is 8.82. The van der Waals surface area contributed by atoms with Crippen molar-refractivity contribution in [3.8, 4) is 0 Å². The molecule has 8 nitrogen and oxygen atoms in total. The second kappa shape index (κ2) is 6.45. The number of thioether (sulfide) groups is 1. The van der Waals surface area contributed by atoms with E-state index in [1.807, 2.05) is 0 Å². The van der Waals surface area contributed by atoms with E-state index >= 15 is 0 Å². The van der Waals surface area contributed by atoms with Gasteiger partial charge in [0.05, 0.1) is 22.8 Å². The second-order valence-corrected chi connectivity index (χ2v) is 4.91. The Kier molecular flexibility index (Phi) is 5.21. The molecule has 1 aromatic heterocycles. The van der Waals surface area contributed by atoms with Crippen molar-refractivity contribution in [2.75, 3.05) is 5.75 Å². The summed E-state index contributed by atoms with van der Waals surface area (Å²) in [6.07, 6.45) is -2.08. The molecule has 1 heterocycles. The first-order valence-corrected chi connectivity index (χ1v) is 6.18. The van der Waals surface area contributed by atoms with Crippen LogP contribution < -0.4 is 5.56 Å². The molecule has 2 unspecified atom stereocenters. The number of aliphatic hydroxyl groups excluding tert-OH is 2. The lowest BCUT2D eigenvalue weighted by Gasteiger charge is -2.16. The van der Waals surface area contributed by atoms with E-state index in [0.29, 0.717) is 0 Å². The normalized spacial score (nSPS) is 13.8. The molecule has 0 aliphatic rings. The number of nitrogens with zero attached hydrogens (tertiary/aromatic N) is 1. The Balaban J connectivity index is 2.94. The van der Waals surface area contributed by atoms with Crippen molar-refractivity contribution >= 4 is 22.6 Å². The lowest BCUT2D eigenvalue weighted by Crippen LogP contribution is -2.27. The van der Waals surface area contributed by atoms with E-state index in [2.05, 4.69) is 4.98 Å². The van der Waals surface area contributed by atoms with Crippen LogP contribution in [0.5, 0.6) is 0 Å². The van der Waals surface area contributed by atoms with E-state index in [4.69, 9.17) is 0 Å². The fourth-order valence-electron chi connectivity index (χ4n) is 1.32. The maximum absolute atomic E-state index is 11.5. The molecule has 1 aromatic rings. The van der Waals surface area contributed by atoms with E-state index in [0.717, 1.165) is 24.0 Å². The van der Waals surface area contributed by atoms with Gasteiger partial charge in [-0.15, -0.1) is 0 Å². The number of hydrogen-bond acceptors (Lipinski definition) is 7. The zero-order valence-corrected chi connectivity index (χ0v) is 10.7. The van der Waals surface area contributed by atoms with Crippen LogP contribution >= 0.6 is 11.8 Å². The summed E-state index contributed by atoms with van der Waals surface area (Å²) in [5.74, 6) is -0.112. The van der Waals surface area contributed by atoms with Crippen LogP contribution in [0, 0.1) is 10.1 Å². The summed E-state index contributed by atoms with van der Waals surface area (Å²) in [7, 11) is 0. The highest BCUT2D eigenvalue weighted by Crippen LogP contribution is 2.20. The van der Waals surface area contributed by atoms with E-state index in [-0.39, 0.29) is 16.4 Å². The van der Waals surface area contributed by atoms with Crippen LogP contribution in [0.3, 0.4) is 0 Å². The van der Waals surface area contributed by atoms with Crippen LogP contribution in [0.15, 0.2) is 17.1 Å². The fraction of sp³-hybridized carbons (Fsp3) is 0.400. The Morgan fingerprint density at radius 1 is 1.58 bits per heavy atom. The number of aliphatic hydroxyl groups is 2. The molecule has 0 bridgehead atoms. The molecule has 0 amide bonds. The van der Waals surface area contributed by atoms with Gasteiger partial charge in [0.15, 0.2) is 5.12 Å². The highest BCUT2D eigenvalue weighted by Gasteiger charge is 2.24. The van der Waals surface area contributed by atoms with Crippen molar-refractivity contribution in [3.05, 3.63) is 38.3 Å². The van der Waals surface area contributed by atoms with Gasteiger partial charge in [0.25, 0.3) is 11.2 Å². The van der Waals surface area contributed by atoms with Crippen molar-refractivity contribution in [2.24, 2.45) is 0 Å². The predicted molar refractivity (Wildman–Crippen MR) is 67.8 cm³/mol. The molecule has 2 atom stereocenters. The van der Waals surface area contributed by atoms with Crippen LogP contribution in [0.2, 0.25) is 0 Å². The van der Waals surface area contributed by atoms with Crippen molar-refractivity contribution in [1.82, 2.24) is 4.98 Å². The molecule has 9 heteroatoms. The van der Waals surface area contributed by atoms with Crippen molar-refractivity contribution in [1.29, 1.82) is 0 Å². The summed E-state index contributed by atoms with van der Waals surface area (Å²) < 4.78 is 0. The van der Waals surface area contributed by atoms with Gasteiger partial charge in [-0.2, -0.15) is 0 Å². The first-order valence-electron chi connectivity index (χ1n) is 5.19. The molecule has 19 heavy (non-hydrogen) atoms. The van der Waals surface area contributed by atoms with Gasteiger partial charge in [-0.25, -0.2) is 0 Å². The molecule has 0 radical (unpaired) electrons. The molecule has 104 valence electrons. The van der Waals surface area contributed by atoms with Gasteiger partial charge in [0, 0.05) is 18.7 Å². The lowest BCUT2D eigenvalue weighted by molar-refractivity contribution is -0.385. The van der Waals surface area contributed by atoms with Crippen molar-refractivity contribution in [2.45, 2.75) is 19.1 Å². The van der Waals surface area contributed by atoms with Crippen LogP contribution in [-0.2, 0) is 4.79 Å². The van der Waals surface area contributed by atoms with Gasteiger partial charge in [-0.3, -0.25) is 19.7 Å². The van der Waals surface area contributed by atoms with Gasteiger partial charge in [-0.1, -0.05) is 11.8 Å². The lowest BCUT2D eigenvalue weighted by atomic mass is 10.1. The number of carbonyl (C=O) groups excluding carboxylic acids is 1. The standard InChI is InChI=1S/C10H12N2O6S/c1-5(13)19-4-8(14)9(15)7-2-6(12(17)18)3-11-10(7)16/h2-3,8-9,14-15H,4H2,1H3,(H,11,16). The molecule has 0 saturated heterocycles. The SMILES string of the molecule is CC(=O)SCC(O)C(O)c1cc([N+](=O)[O-])c[nH]c1=O. The average Bonchev–Trinajstić information content (AvgIpc) is 2.35. The highest BCUT2D eigenvalue weighted by atomic mass is 32.2. The zero-order chi connectivity index (χ0) is 14.6. The molecule has 0 aliphatic carbocycles. The summed E-state index contributed by atoms with van der Waals surface area (Å²) in [5, 5.41) is 29.7.